The second kappa shape index (κ2) is 13.4. The monoisotopic (exact) mass is 494 g/mol. The summed E-state index contributed by atoms with van der Waals surface area (Å²) >= 11 is 0. The predicted molar refractivity (Wildman–Crippen MR) is 126 cm³/mol. The smallest absolute Gasteiger partial charge is 0.308 e. The van der Waals surface area contributed by atoms with Gasteiger partial charge in [0, 0.05) is 24.2 Å². The fourth-order valence-corrected chi connectivity index (χ4v) is 5.76. The summed E-state index contributed by atoms with van der Waals surface area (Å²) in [7, 11) is -3.31. The Hall–Kier alpha value is -2.36. The summed E-state index contributed by atoms with van der Waals surface area (Å²) in [6.45, 7) is 1.36. The second-order valence-corrected chi connectivity index (χ2v) is 11.3. The van der Waals surface area contributed by atoms with E-state index in [9.17, 15) is 22.2 Å². The van der Waals surface area contributed by atoms with E-state index in [4.69, 9.17) is 9.47 Å². The van der Waals surface area contributed by atoms with Gasteiger partial charge in [0.25, 0.3) is 0 Å². The van der Waals surface area contributed by atoms with Crippen LogP contribution >= 0.6 is 0 Å². The molecule has 0 saturated carbocycles. The minimum Gasteiger partial charge on any atom is -0.462 e. The fraction of sp³-hybridized carbons (Fsp3) is 0.417. The predicted octanol–water partition coefficient (Wildman–Crippen LogP) is 3.34. The molecule has 0 heterocycles. The van der Waals surface area contributed by atoms with Crippen LogP contribution in [0.25, 0.3) is 0 Å². The highest BCUT2D eigenvalue weighted by molar-refractivity contribution is 7.91. The quantitative estimate of drug-likeness (QED) is 0.371. The number of rotatable bonds is 14. The zero-order valence-corrected chi connectivity index (χ0v) is 20.5. The first-order chi connectivity index (χ1) is 15.7. The topological polar surface area (TPSA) is 104 Å². The highest BCUT2D eigenvalue weighted by Gasteiger charge is 2.24. The number of sulfone groups is 1. The van der Waals surface area contributed by atoms with Crippen LogP contribution in [-0.2, 0) is 39.7 Å². The standard InChI is InChI=1S/C24H30O7S2/c1-19(25)17-21(14-16-33(28,29)23-11-7-4-8-12-23)31-24(26)18-20(30-2)13-15-32(27)22-9-5-3-6-10-22/h3-12,20-21H,13-18H2,1-2H3. The molecular formula is C24H30O7S2. The van der Waals surface area contributed by atoms with Gasteiger partial charge in [-0.05, 0) is 44.0 Å². The molecule has 2 rings (SSSR count). The summed E-state index contributed by atoms with van der Waals surface area (Å²) in [5.41, 5.74) is 0. The largest absolute Gasteiger partial charge is 0.462 e. The van der Waals surface area contributed by atoms with Gasteiger partial charge in [-0.15, -0.1) is 0 Å². The van der Waals surface area contributed by atoms with Crippen molar-refractivity contribution < 1.29 is 31.7 Å². The van der Waals surface area contributed by atoms with Crippen LogP contribution in [-0.4, -0.2) is 55.2 Å². The number of esters is 1. The lowest BCUT2D eigenvalue weighted by Crippen LogP contribution is -2.27. The number of hydrogen-bond acceptors (Lipinski definition) is 7. The Labute approximate surface area is 197 Å². The van der Waals surface area contributed by atoms with Gasteiger partial charge in [-0.1, -0.05) is 36.4 Å². The first-order valence-electron chi connectivity index (χ1n) is 10.6. The molecule has 3 atom stereocenters. The molecule has 7 nitrogen and oxygen atoms in total. The zero-order chi connectivity index (χ0) is 24.3. The molecule has 0 aliphatic rings. The van der Waals surface area contributed by atoms with E-state index >= 15 is 0 Å². The SMILES string of the molecule is COC(CCS(=O)c1ccccc1)CC(=O)OC(CCS(=O)(=O)c1ccccc1)CC(C)=O. The highest BCUT2D eigenvalue weighted by Crippen LogP contribution is 2.17. The van der Waals surface area contributed by atoms with Gasteiger partial charge in [-0.2, -0.15) is 0 Å². The minimum atomic E-state index is -3.56. The molecule has 3 unspecified atom stereocenters. The molecule has 0 amide bonds. The summed E-state index contributed by atoms with van der Waals surface area (Å²) in [6, 6.07) is 17.0. The molecular weight excluding hydrogens is 464 g/mol. The summed E-state index contributed by atoms with van der Waals surface area (Å²) in [4.78, 5) is 25.0. The Morgan fingerprint density at radius 1 is 0.909 bits per heavy atom. The number of carbonyl (C=O) groups excluding carboxylic acids is 2. The third kappa shape index (κ3) is 9.57. The van der Waals surface area contributed by atoms with Crippen LogP contribution in [0.2, 0.25) is 0 Å². The lowest BCUT2D eigenvalue weighted by atomic mass is 10.1. The molecule has 0 aliphatic heterocycles. The van der Waals surface area contributed by atoms with Gasteiger partial charge in [0.05, 0.1) is 34.0 Å². The molecule has 0 fully saturated rings. The molecule has 2 aromatic rings. The van der Waals surface area contributed by atoms with Crippen molar-refractivity contribution in [3.8, 4) is 0 Å². The summed E-state index contributed by atoms with van der Waals surface area (Å²) in [5, 5.41) is 0. The third-order valence-corrected chi connectivity index (χ3v) is 8.15. The normalized spacial score (nSPS) is 14.2. The molecule has 180 valence electrons. The lowest BCUT2D eigenvalue weighted by molar-refractivity contribution is -0.152. The molecule has 0 spiro atoms. The summed E-state index contributed by atoms with van der Waals surface area (Å²) in [5.74, 6) is -0.712. The zero-order valence-electron chi connectivity index (χ0n) is 18.8. The van der Waals surface area contributed by atoms with Crippen molar-refractivity contribution in [2.45, 2.75) is 54.6 Å². The number of Topliss-reactive ketones (excluding diaryl/α,β-unsaturated/α-hetero) is 1. The molecule has 0 radical (unpaired) electrons. The average Bonchev–Trinajstić information content (AvgIpc) is 2.80. The van der Waals surface area contributed by atoms with Crippen LogP contribution < -0.4 is 0 Å². The van der Waals surface area contributed by atoms with Crippen molar-refractivity contribution >= 4 is 32.4 Å². The van der Waals surface area contributed by atoms with Crippen molar-refractivity contribution in [1.82, 2.24) is 0 Å². The number of ether oxygens (including phenoxy) is 2. The Bertz CT molecular complexity index is 1020. The van der Waals surface area contributed by atoms with Crippen LogP contribution in [0.3, 0.4) is 0 Å². The molecule has 33 heavy (non-hydrogen) atoms. The molecule has 0 saturated heterocycles. The number of ketones is 1. The van der Waals surface area contributed by atoms with Crippen molar-refractivity contribution in [1.29, 1.82) is 0 Å². The van der Waals surface area contributed by atoms with Crippen molar-refractivity contribution in [3.05, 3.63) is 60.7 Å². The second-order valence-electron chi connectivity index (χ2n) is 7.65. The lowest BCUT2D eigenvalue weighted by Gasteiger charge is -2.19. The van der Waals surface area contributed by atoms with Crippen LogP contribution in [0.1, 0.15) is 32.6 Å². The minimum absolute atomic E-state index is 0.0121. The number of benzene rings is 2. The van der Waals surface area contributed by atoms with E-state index in [1.54, 1.807) is 30.3 Å². The van der Waals surface area contributed by atoms with E-state index in [-0.39, 0.29) is 35.7 Å². The van der Waals surface area contributed by atoms with E-state index in [1.165, 1.54) is 26.2 Å². The van der Waals surface area contributed by atoms with Crippen LogP contribution in [0.5, 0.6) is 0 Å². The van der Waals surface area contributed by atoms with Crippen molar-refractivity contribution in [2.24, 2.45) is 0 Å². The maximum atomic E-state index is 12.5. The van der Waals surface area contributed by atoms with Crippen LogP contribution in [0.4, 0.5) is 0 Å². The highest BCUT2D eigenvalue weighted by atomic mass is 32.2. The number of methoxy groups -OCH3 is 1. The van der Waals surface area contributed by atoms with Crippen LogP contribution in [0.15, 0.2) is 70.5 Å². The van der Waals surface area contributed by atoms with E-state index in [0.29, 0.717) is 17.1 Å². The maximum absolute atomic E-state index is 12.5. The van der Waals surface area contributed by atoms with Gasteiger partial charge >= 0.3 is 5.97 Å². The number of hydrogen-bond donors (Lipinski definition) is 0. The Kier molecular flexibility index (Phi) is 10.9. The van der Waals surface area contributed by atoms with E-state index in [2.05, 4.69) is 0 Å². The summed E-state index contributed by atoms with van der Waals surface area (Å²) < 4.78 is 48.2. The van der Waals surface area contributed by atoms with E-state index in [1.807, 2.05) is 18.2 Å². The summed E-state index contributed by atoms with van der Waals surface area (Å²) in [6.07, 6.45) is -1.10. The molecule has 2 aromatic carbocycles. The van der Waals surface area contributed by atoms with Crippen LogP contribution in [0, 0.1) is 0 Å². The Morgan fingerprint density at radius 2 is 1.52 bits per heavy atom. The van der Waals surface area contributed by atoms with Gasteiger partial charge in [-0.3, -0.25) is 13.8 Å². The number of carbonyl (C=O) groups is 2. The molecule has 0 aliphatic carbocycles. The van der Waals surface area contributed by atoms with Gasteiger partial charge in [0.15, 0.2) is 9.84 Å². The average molecular weight is 495 g/mol. The fourth-order valence-electron chi connectivity index (χ4n) is 3.21. The molecule has 0 aromatic heterocycles. The van der Waals surface area contributed by atoms with Crippen molar-refractivity contribution in [3.63, 3.8) is 0 Å². The first-order valence-corrected chi connectivity index (χ1v) is 13.6. The van der Waals surface area contributed by atoms with Gasteiger partial charge < -0.3 is 9.47 Å². The first kappa shape index (κ1) is 26.9. The maximum Gasteiger partial charge on any atom is 0.308 e. The molecule has 0 N–H and O–H groups in total. The van der Waals surface area contributed by atoms with E-state index < -0.39 is 38.8 Å². The van der Waals surface area contributed by atoms with E-state index in [0.717, 1.165) is 0 Å². The third-order valence-electron chi connectivity index (χ3n) is 4.98. The van der Waals surface area contributed by atoms with Gasteiger partial charge in [-0.25, -0.2) is 8.42 Å². The van der Waals surface area contributed by atoms with Gasteiger partial charge in [0.1, 0.15) is 11.9 Å². The van der Waals surface area contributed by atoms with Crippen molar-refractivity contribution in [2.75, 3.05) is 18.6 Å². The molecule has 9 heteroatoms. The Morgan fingerprint density at radius 3 is 2.09 bits per heavy atom. The Balaban J connectivity index is 1.90. The van der Waals surface area contributed by atoms with Gasteiger partial charge in [0.2, 0.25) is 0 Å². The molecule has 0 bridgehead atoms.